The Morgan fingerprint density at radius 3 is 2.57 bits per heavy atom. The first kappa shape index (κ1) is 10.2. The molecule has 0 atom stereocenters. The highest BCUT2D eigenvalue weighted by Crippen LogP contribution is 2.24. The minimum atomic E-state index is 0.0102. The molecule has 0 aliphatic carbocycles. The van der Waals surface area contributed by atoms with Gasteiger partial charge in [0.05, 0.1) is 11.0 Å². The molecular formula is C9H8BrIN2O. The van der Waals surface area contributed by atoms with Gasteiger partial charge >= 0.3 is 5.69 Å². The molecule has 1 aromatic carbocycles. The molecule has 0 N–H and O–H groups in total. The van der Waals surface area contributed by atoms with Gasteiger partial charge in [-0.3, -0.25) is 9.13 Å². The van der Waals surface area contributed by atoms with Crippen LogP contribution in [-0.4, -0.2) is 9.13 Å². The number of hydrogen-bond acceptors (Lipinski definition) is 1. The van der Waals surface area contributed by atoms with Crippen LogP contribution in [0.5, 0.6) is 0 Å². The van der Waals surface area contributed by atoms with Crippen LogP contribution in [0.2, 0.25) is 0 Å². The summed E-state index contributed by atoms with van der Waals surface area (Å²) in [6.07, 6.45) is 0. The Balaban J connectivity index is 3.10. The lowest BCUT2D eigenvalue weighted by atomic mass is 10.3. The van der Waals surface area contributed by atoms with Gasteiger partial charge in [-0.15, -0.1) is 0 Å². The van der Waals surface area contributed by atoms with Crippen molar-refractivity contribution in [3.63, 3.8) is 0 Å². The van der Waals surface area contributed by atoms with Crippen molar-refractivity contribution in [3.8, 4) is 0 Å². The second kappa shape index (κ2) is 3.37. The zero-order valence-electron chi connectivity index (χ0n) is 7.71. The number of hydrogen-bond donors (Lipinski definition) is 0. The third kappa shape index (κ3) is 1.33. The predicted molar refractivity (Wildman–Crippen MR) is 68.6 cm³/mol. The van der Waals surface area contributed by atoms with Crippen LogP contribution in [0, 0.1) is 3.57 Å². The van der Waals surface area contributed by atoms with E-state index in [2.05, 4.69) is 38.5 Å². The van der Waals surface area contributed by atoms with Crippen molar-refractivity contribution in [3.05, 3.63) is 30.7 Å². The molecule has 0 saturated heterocycles. The van der Waals surface area contributed by atoms with E-state index in [9.17, 15) is 4.79 Å². The zero-order valence-corrected chi connectivity index (χ0v) is 11.5. The van der Waals surface area contributed by atoms with E-state index in [1.165, 1.54) is 0 Å². The molecule has 0 fully saturated rings. The van der Waals surface area contributed by atoms with Gasteiger partial charge in [0, 0.05) is 22.1 Å². The van der Waals surface area contributed by atoms with Crippen molar-refractivity contribution in [2.24, 2.45) is 14.1 Å². The second-order valence-electron chi connectivity index (χ2n) is 3.16. The van der Waals surface area contributed by atoms with Crippen molar-refractivity contribution in [1.29, 1.82) is 0 Å². The topological polar surface area (TPSA) is 26.9 Å². The van der Waals surface area contributed by atoms with Gasteiger partial charge in [0.1, 0.15) is 0 Å². The molecular weight excluding hydrogens is 359 g/mol. The average molecular weight is 367 g/mol. The van der Waals surface area contributed by atoms with Crippen LogP contribution in [0.1, 0.15) is 0 Å². The lowest BCUT2D eigenvalue weighted by Crippen LogP contribution is -2.19. The number of aryl methyl sites for hydroxylation is 2. The van der Waals surface area contributed by atoms with E-state index >= 15 is 0 Å². The van der Waals surface area contributed by atoms with Crippen molar-refractivity contribution in [2.45, 2.75) is 0 Å². The average Bonchev–Trinajstić information content (AvgIpc) is 2.31. The molecule has 2 rings (SSSR count). The highest BCUT2D eigenvalue weighted by molar-refractivity contribution is 14.1. The van der Waals surface area contributed by atoms with Gasteiger partial charge in [0.25, 0.3) is 0 Å². The predicted octanol–water partition coefficient (Wildman–Crippen LogP) is 2.24. The van der Waals surface area contributed by atoms with Crippen LogP contribution in [0.25, 0.3) is 11.0 Å². The Kier molecular flexibility index (Phi) is 2.46. The third-order valence-electron chi connectivity index (χ3n) is 2.28. The fraction of sp³-hybridized carbons (Fsp3) is 0.222. The standard InChI is InChI=1S/C9H8BrIN2O/c1-12-7-4-5(10)3-6(11)8(7)13(2)9(12)14/h3-4H,1-2H3. The first-order valence-corrected chi connectivity index (χ1v) is 5.90. The summed E-state index contributed by atoms with van der Waals surface area (Å²) >= 11 is 5.66. The van der Waals surface area contributed by atoms with E-state index in [4.69, 9.17) is 0 Å². The van der Waals surface area contributed by atoms with E-state index in [-0.39, 0.29) is 5.69 Å². The highest BCUT2D eigenvalue weighted by atomic mass is 127. The monoisotopic (exact) mass is 366 g/mol. The first-order valence-electron chi connectivity index (χ1n) is 4.03. The molecule has 0 amide bonds. The van der Waals surface area contributed by atoms with E-state index in [0.29, 0.717) is 0 Å². The molecule has 0 radical (unpaired) electrons. The number of nitrogens with zero attached hydrogens (tertiary/aromatic N) is 2. The lowest BCUT2D eigenvalue weighted by Gasteiger charge is -1.99. The van der Waals surface area contributed by atoms with Gasteiger partial charge in [-0.1, -0.05) is 15.9 Å². The Bertz CT molecular complexity index is 570. The molecule has 14 heavy (non-hydrogen) atoms. The summed E-state index contributed by atoms with van der Waals surface area (Å²) in [5.74, 6) is 0. The Labute approximate surface area is 103 Å². The number of rotatable bonds is 0. The normalized spacial score (nSPS) is 11.1. The van der Waals surface area contributed by atoms with Crippen LogP contribution in [-0.2, 0) is 14.1 Å². The zero-order chi connectivity index (χ0) is 10.5. The summed E-state index contributed by atoms with van der Waals surface area (Å²) in [7, 11) is 3.58. The highest BCUT2D eigenvalue weighted by Gasteiger charge is 2.10. The minimum absolute atomic E-state index is 0.0102. The summed E-state index contributed by atoms with van der Waals surface area (Å²) in [5, 5.41) is 0. The maximum Gasteiger partial charge on any atom is 0.328 e. The van der Waals surface area contributed by atoms with Crippen LogP contribution in [0.3, 0.4) is 0 Å². The summed E-state index contributed by atoms with van der Waals surface area (Å²) in [6, 6.07) is 3.96. The molecule has 0 aliphatic rings. The van der Waals surface area contributed by atoms with Crippen LogP contribution < -0.4 is 5.69 Å². The molecule has 1 aromatic heterocycles. The largest absolute Gasteiger partial charge is 0.328 e. The third-order valence-corrected chi connectivity index (χ3v) is 3.56. The maximum absolute atomic E-state index is 11.7. The molecule has 0 unspecified atom stereocenters. The van der Waals surface area contributed by atoms with Gasteiger partial charge in [0.2, 0.25) is 0 Å². The summed E-state index contributed by atoms with van der Waals surface area (Å²) in [5.41, 5.74) is 1.95. The Morgan fingerprint density at radius 2 is 1.93 bits per heavy atom. The SMILES string of the molecule is Cn1c(=O)n(C)c2c(I)cc(Br)cc21. The van der Waals surface area contributed by atoms with Crippen molar-refractivity contribution < 1.29 is 0 Å². The number of imidazole rings is 1. The molecule has 74 valence electrons. The molecule has 0 spiro atoms. The quantitative estimate of drug-likeness (QED) is 0.657. The Hall–Kier alpha value is -0.300. The van der Waals surface area contributed by atoms with E-state index in [1.54, 1.807) is 23.2 Å². The summed E-state index contributed by atoms with van der Waals surface area (Å²) < 4.78 is 5.40. The van der Waals surface area contributed by atoms with Gasteiger partial charge < -0.3 is 0 Å². The van der Waals surface area contributed by atoms with Crippen LogP contribution in [0.4, 0.5) is 0 Å². The fourth-order valence-electron chi connectivity index (χ4n) is 1.56. The van der Waals surface area contributed by atoms with Gasteiger partial charge in [0.15, 0.2) is 0 Å². The second-order valence-corrected chi connectivity index (χ2v) is 5.23. The number of halogens is 2. The molecule has 0 bridgehead atoms. The maximum atomic E-state index is 11.7. The number of benzene rings is 1. The molecule has 0 saturated carbocycles. The van der Waals surface area contributed by atoms with Gasteiger partial charge in [-0.25, -0.2) is 4.79 Å². The van der Waals surface area contributed by atoms with Gasteiger partial charge in [-0.2, -0.15) is 0 Å². The Morgan fingerprint density at radius 1 is 1.29 bits per heavy atom. The van der Waals surface area contributed by atoms with Crippen molar-refractivity contribution >= 4 is 49.6 Å². The first-order chi connectivity index (χ1) is 6.52. The van der Waals surface area contributed by atoms with Crippen molar-refractivity contribution in [2.75, 3.05) is 0 Å². The molecule has 1 heterocycles. The number of fused-ring (bicyclic) bond motifs is 1. The van der Waals surface area contributed by atoms with E-state index in [1.807, 2.05) is 12.1 Å². The lowest BCUT2D eigenvalue weighted by molar-refractivity contribution is 0.794. The smallest absolute Gasteiger partial charge is 0.295 e. The minimum Gasteiger partial charge on any atom is -0.295 e. The molecule has 0 aliphatic heterocycles. The number of aromatic nitrogens is 2. The molecule has 3 nitrogen and oxygen atoms in total. The summed E-state index contributed by atoms with van der Waals surface area (Å²) in [6.45, 7) is 0. The van der Waals surface area contributed by atoms with Crippen LogP contribution >= 0.6 is 38.5 Å². The molecule has 2 aromatic rings. The van der Waals surface area contributed by atoms with E-state index in [0.717, 1.165) is 19.1 Å². The van der Waals surface area contributed by atoms with Gasteiger partial charge in [-0.05, 0) is 34.7 Å². The fourth-order valence-corrected chi connectivity index (χ4v) is 3.41. The van der Waals surface area contributed by atoms with Crippen LogP contribution in [0.15, 0.2) is 21.4 Å². The summed E-state index contributed by atoms with van der Waals surface area (Å²) in [4.78, 5) is 11.7. The van der Waals surface area contributed by atoms with Crippen molar-refractivity contribution in [1.82, 2.24) is 9.13 Å². The van der Waals surface area contributed by atoms with E-state index < -0.39 is 0 Å². The molecule has 5 heteroatoms.